The van der Waals surface area contributed by atoms with Crippen LogP contribution in [-0.2, 0) is 0 Å². The lowest BCUT2D eigenvalue weighted by Gasteiger charge is -2.27. The summed E-state index contributed by atoms with van der Waals surface area (Å²) in [7, 11) is 2.00. The fourth-order valence-electron chi connectivity index (χ4n) is 1.81. The predicted molar refractivity (Wildman–Crippen MR) is 77.1 cm³/mol. The van der Waals surface area contributed by atoms with Crippen molar-refractivity contribution < 1.29 is 0 Å². The van der Waals surface area contributed by atoms with Crippen molar-refractivity contribution >= 4 is 11.6 Å². The molecule has 102 valence electrons. The number of aryl methyl sites for hydroxylation is 1. The Hall–Kier alpha value is -1.36. The molecule has 5 nitrogen and oxygen atoms in total. The highest BCUT2D eigenvalue weighted by Crippen LogP contribution is 2.16. The number of hydrogen-bond donors (Lipinski definition) is 2. The van der Waals surface area contributed by atoms with E-state index in [0.717, 1.165) is 24.0 Å². The molecule has 0 aromatic carbocycles. The normalized spacial score (nSPS) is 11.8. The molecule has 0 amide bonds. The fraction of sp³-hybridized carbons (Fsp3) is 0.692. The van der Waals surface area contributed by atoms with Gasteiger partial charge in [0.25, 0.3) is 0 Å². The first kappa shape index (κ1) is 14.7. The molecule has 0 spiro atoms. The van der Waals surface area contributed by atoms with E-state index in [2.05, 4.69) is 34.0 Å². The average Bonchev–Trinajstić information content (AvgIpc) is 2.12. The topological polar surface area (TPSA) is 67.1 Å². The maximum Gasteiger partial charge on any atom is 0.134 e. The molecule has 5 heteroatoms. The van der Waals surface area contributed by atoms with Crippen molar-refractivity contribution in [2.75, 3.05) is 23.8 Å². The Morgan fingerprint density at radius 3 is 2.50 bits per heavy atom. The Labute approximate surface area is 110 Å². The van der Waals surface area contributed by atoms with Gasteiger partial charge in [-0.15, -0.1) is 0 Å². The summed E-state index contributed by atoms with van der Waals surface area (Å²) in [6.45, 7) is 10.8. The summed E-state index contributed by atoms with van der Waals surface area (Å²) in [6.07, 6.45) is 0. The minimum atomic E-state index is -0.251. The Morgan fingerprint density at radius 1 is 1.39 bits per heavy atom. The first-order chi connectivity index (χ1) is 8.17. The molecule has 18 heavy (non-hydrogen) atoms. The second kappa shape index (κ2) is 5.52. The summed E-state index contributed by atoms with van der Waals surface area (Å²) < 4.78 is 0. The number of rotatable bonds is 5. The van der Waals surface area contributed by atoms with E-state index in [-0.39, 0.29) is 5.54 Å². The zero-order chi connectivity index (χ0) is 13.9. The van der Waals surface area contributed by atoms with Crippen LogP contribution < -0.4 is 16.0 Å². The highest BCUT2D eigenvalue weighted by atomic mass is 15.2. The molecule has 0 fully saturated rings. The van der Waals surface area contributed by atoms with Crippen LogP contribution in [-0.4, -0.2) is 35.1 Å². The maximum absolute atomic E-state index is 6.03. The molecular weight excluding hydrogens is 226 g/mol. The molecule has 0 aliphatic carbocycles. The molecule has 0 radical (unpaired) electrons. The van der Waals surface area contributed by atoms with Crippen LogP contribution in [0.1, 0.15) is 33.5 Å². The molecule has 1 heterocycles. The van der Waals surface area contributed by atoms with Crippen molar-refractivity contribution in [3.8, 4) is 0 Å². The number of nitrogens with zero attached hydrogens (tertiary/aromatic N) is 3. The summed E-state index contributed by atoms with van der Waals surface area (Å²) in [6, 6.07) is 2.31. The highest BCUT2D eigenvalue weighted by molar-refractivity contribution is 5.49. The molecule has 0 aliphatic heterocycles. The zero-order valence-electron chi connectivity index (χ0n) is 12.3. The van der Waals surface area contributed by atoms with Crippen molar-refractivity contribution in [3.05, 3.63) is 11.9 Å². The summed E-state index contributed by atoms with van der Waals surface area (Å²) >= 11 is 0. The van der Waals surface area contributed by atoms with Gasteiger partial charge in [-0.3, -0.25) is 0 Å². The minimum absolute atomic E-state index is 0.251. The van der Waals surface area contributed by atoms with Gasteiger partial charge in [0, 0.05) is 31.2 Å². The summed E-state index contributed by atoms with van der Waals surface area (Å²) in [4.78, 5) is 10.9. The molecule has 1 rings (SSSR count). The summed E-state index contributed by atoms with van der Waals surface area (Å²) in [5.41, 5.74) is 5.78. The van der Waals surface area contributed by atoms with Gasteiger partial charge in [-0.2, -0.15) is 0 Å². The number of nitrogens with one attached hydrogen (secondary N) is 1. The van der Waals surface area contributed by atoms with Crippen LogP contribution in [0.5, 0.6) is 0 Å². The van der Waals surface area contributed by atoms with Gasteiger partial charge in [0.2, 0.25) is 0 Å². The Bertz CT molecular complexity index is 395. The minimum Gasteiger partial charge on any atom is -0.368 e. The average molecular weight is 251 g/mol. The first-order valence-corrected chi connectivity index (χ1v) is 6.29. The van der Waals surface area contributed by atoms with Crippen LogP contribution in [0.15, 0.2) is 6.07 Å². The zero-order valence-corrected chi connectivity index (χ0v) is 12.3. The SMILES string of the molecule is Cc1nc(NC(C)C)cc(N(C)CC(C)(C)N)n1. The van der Waals surface area contributed by atoms with Gasteiger partial charge in [0.1, 0.15) is 17.5 Å². The Kier molecular flexibility index (Phi) is 4.51. The Morgan fingerprint density at radius 2 is 2.00 bits per heavy atom. The third kappa shape index (κ3) is 4.87. The van der Waals surface area contributed by atoms with E-state index in [9.17, 15) is 0 Å². The molecule has 1 aromatic heterocycles. The van der Waals surface area contributed by atoms with Gasteiger partial charge >= 0.3 is 0 Å². The summed E-state index contributed by atoms with van der Waals surface area (Å²) in [5.74, 6) is 2.51. The third-order valence-electron chi connectivity index (χ3n) is 2.30. The van der Waals surface area contributed by atoms with Crippen molar-refractivity contribution in [1.82, 2.24) is 9.97 Å². The first-order valence-electron chi connectivity index (χ1n) is 6.29. The number of anilines is 2. The van der Waals surface area contributed by atoms with E-state index in [0.29, 0.717) is 6.04 Å². The van der Waals surface area contributed by atoms with Gasteiger partial charge in [0.15, 0.2) is 0 Å². The van der Waals surface area contributed by atoms with E-state index >= 15 is 0 Å². The molecule has 0 atom stereocenters. The van der Waals surface area contributed by atoms with Gasteiger partial charge < -0.3 is 16.0 Å². The number of aromatic nitrogens is 2. The molecule has 3 N–H and O–H groups in total. The lowest BCUT2D eigenvalue weighted by molar-refractivity contribution is 0.517. The van der Waals surface area contributed by atoms with E-state index in [1.54, 1.807) is 0 Å². The molecule has 0 saturated carbocycles. The monoisotopic (exact) mass is 251 g/mol. The van der Waals surface area contributed by atoms with Crippen molar-refractivity contribution in [2.45, 2.75) is 46.2 Å². The second-order valence-corrected chi connectivity index (χ2v) is 5.80. The van der Waals surface area contributed by atoms with E-state index in [1.807, 2.05) is 33.9 Å². The molecular formula is C13H25N5. The molecule has 0 unspecified atom stereocenters. The van der Waals surface area contributed by atoms with Crippen LogP contribution in [0.25, 0.3) is 0 Å². The number of hydrogen-bond acceptors (Lipinski definition) is 5. The Balaban J connectivity index is 2.91. The lowest BCUT2D eigenvalue weighted by Crippen LogP contribution is -2.44. The number of likely N-dealkylation sites (N-methyl/N-ethyl adjacent to an activating group) is 1. The molecule has 0 bridgehead atoms. The van der Waals surface area contributed by atoms with Gasteiger partial charge in [-0.25, -0.2) is 9.97 Å². The van der Waals surface area contributed by atoms with Crippen molar-refractivity contribution in [2.24, 2.45) is 5.73 Å². The van der Waals surface area contributed by atoms with Crippen molar-refractivity contribution in [1.29, 1.82) is 0 Å². The smallest absolute Gasteiger partial charge is 0.134 e. The molecule has 0 saturated heterocycles. The lowest BCUT2D eigenvalue weighted by atomic mass is 10.1. The van der Waals surface area contributed by atoms with Crippen molar-refractivity contribution in [3.63, 3.8) is 0 Å². The third-order valence-corrected chi connectivity index (χ3v) is 2.30. The summed E-state index contributed by atoms with van der Waals surface area (Å²) in [5, 5.41) is 3.29. The van der Waals surface area contributed by atoms with Crippen LogP contribution in [0.2, 0.25) is 0 Å². The van der Waals surface area contributed by atoms with Gasteiger partial charge in [-0.1, -0.05) is 0 Å². The van der Waals surface area contributed by atoms with Gasteiger partial charge in [-0.05, 0) is 34.6 Å². The quantitative estimate of drug-likeness (QED) is 0.835. The van der Waals surface area contributed by atoms with Crippen LogP contribution in [0.4, 0.5) is 11.6 Å². The van der Waals surface area contributed by atoms with Crippen LogP contribution >= 0.6 is 0 Å². The van der Waals surface area contributed by atoms with E-state index in [1.165, 1.54) is 0 Å². The number of nitrogens with two attached hydrogens (primary N) is 1. The van der Waals surface area contributed by atoms with Crippen LogP contribution in [0, 0.1) is 6.92 Å². The highest BCUT2D eigenvalue weighted by Gasteiger charge is 2.16. The van der Waals surface area contributed by atoms with E-state index < -0.39 is 0 Å². The molecule has 1 aromatic rings. The van der Waals surface area contributed by atoms with E-state index in [4.69, 9.17) is 5.73 Å². The van der Waals surface area contributed by atoms with Gasteiger partial charge in [0.05, 0.1) is 0 Å². The predicted octanol–water partition coefficient (Wildman–Crippen LogP) is 1.78. The standard InChI is InChI=1S/C13H25N5/c1-9(2)15-11-7-12(17-10(3)16-11)18(6)8-13(4,5)14/h7,9H,8,14H2,1-6H3,(H,15,16,17). The maximum atomic E-state index is 6.03. The largest absolute Gasteiger partial charge is 0.368 e. The van der Waals surface area contributed by atoms with Crippen LogP contribution in [0.3, 0.4) is 0 Å². The molecule has 0 aliphatic rings. The second-order valence-electron chi connectivity index (χ2n) is 5.80. The fourth-order valence-corrected chi connectivity index (χ4v) is 1.81.